The highest BCUT2D eigenvalue weighted by Gasteiger charge is 2.11. The highest BCUT2D eigenvalue weighted by molar-refractivity contribution is 6.06. The first-order valence-corrected chi connectivity index (χ1v) is 9.37. The van der Waals surface area contributed by atoms with Gasteiger partial charge in [-0.25, -0.2) is 0 Å². The van der Waals surface area contributed by atoms with Crippen molar-refractivity contribution in [2.75, 3.05) is 11.9 Å². The second-order valence-corrected chi connectivity index (χ2v) is 6.66. The van der Waals surface area contributed by atoms with Crippen molar-refractivity contribution < 1.29 is 14.4 Å². The highest BCUT2D eigenvalue weighted by atomic mass is 16.2. The number of amides is 2. The SMILES string of the molecule is CC(=O)c1cccc(NC(=O)c2cccc(C(=O)NCCc3ccccc3)c2)c1. The smallest absolute Gasteiger partial charge is 0.255 e. The number of hydrogen-bond donors (Lipinski definition) is 2. The van der Waals surface area contributed by atoms with Gasteiger partial charge in [-0.1, -0.05) is 48.5 Å². The van der Waals surface area contributed by atoms with Crippen molar-refractivity contribution >= 4 is 23.3 Å². The third kappa shape index (κ3) is 5.62. The van der Waals surface area contributed by atoms with Crippen molar-refractivity contribution in [1.82, 2.24) is 5.32 Å². The molecule has 0 saturated carbocycles. The normalized spacial score (nSPS) is 10.2. The number of benzene rings is 3. The van der Waals surface area contributed by atoms with Gasteiger partial charge in [-0.05, 0) is 49.2 Å². The second-order valence-electron chi connectivity index (χ2n) is 6.66. The van der Waals surface area contributed by atoms with Crippen LogP contribution >= 0.6 is 0 Å². The molecule has 3 rings (SSSR count). The standard InChI is InChI=1S/C24H22N2O3/c1-17(27)19-9-6-12-22(16-19)26-24(29)21-11-5-10-20(15-21)23(28)25-14-13-18-7-3-2-4-8-18/h2-12,15-16H,13-14H2,1H3,(H,25,28)(H,26,29). The maximum atomic E-state index is 12.5. The summed E-state index contributed by atoms with van der Waals surface area (Å²) in [5.74, 6) is -0.644. The zero-order valence-corrected chi connectivity index (χ0v) is 16.1. The number of Topliss-reactive ketones (excluding diaryl/α,β-unsaturated/α-hetero) is 1. The summed E-state index contributed by atoms with van der Waals surface area (Å²) >= 11 is 0. The fraction of sp³-hybridized carbons (Fsp3) is 0.125. The first kappa shape index (κ1) is 20.0. The van der Waals surface area contributed by atoms with E-state index in [0.29, 0.717) is 28.9 Å². The Morgan fingerprint density at radius 2 is 1.38 bits per heavy atom. The molecule has 29 heavy (non-hydrogen) atoms. The molecule has 3 aromatic carbocycles. The van der Waals surface area contributed by atoms with Gasteiger partial charge in [0.15, 0.2) is 5.78 Å². The van der Waals surface area contributed by atoms with Crippen LogP contribution in [0.1, 0.15) is 43.6 Å². The van der Waals surface area contributed by atoms with Gasteiger partial charge in [-0.2, -0.15) is 0 Å². The van der Waals surface area contributed by atoms with Crippen LogP contribution in [0.3, 0.4) is 0 Å². The van der Waals surface area contributed by atoms with Crippen LogP contribution in [0.4, 0.5) is 5.69 Å². The summed E-state index contributed by atoms with van der Waals surface area (Å²) in [6.45, 7) is 1.98. The largest absolute Gasteiger partial charge is 0.352 e. The summed E-state index contributed by atoms with van der Waals surface area (Å²) < 4.78 is 0. The van der Waals surface area contributed by atoms with E-state index in [9.17, 15) is 14.4 Å². The average molecular weight is 386 g/mol. The third-order valence-electron chi connectivity index (χ3n) is 4.46. The fourth-order valence-electron chi connectivity index (χ4n) is 2.89. The molecule has 0 spiro atoms. The van der Waals surface area contributed by atoms with Crippen LogP contribution in [-0.4, -0.2) is 24.1 Å². The van der Waals surface area contributed by atoms with Crippen LogP contribution in [0.2, 0.25) is 0 Å². The summed E-state index contributed by atoms with van der Waals surface area (Å²) in [7, 11) is 0. The lowest BCUT2D eigenvalue weighted by Gasteiger charge is -2.09. The summed E-state index contributed by atoms with van der Waals surface area (Å²) in [4.78, 5) is 36.4. The van der Waals surface area contributed by atoms with E-state index in [1.54, 1.807) is 48.5 Å². The van der Waals surface area contributed by atoms with Gasteiger partial charge in [-0.3, -0.25) is 14.4 Å². The van der Waals surface area contributed by atoms with E-state index < -0.39 is 0 Å². The summed E-state index contributed by atoms with van der Waals surface area (Å²) in [6, 6.07) is 23.2. The molecule has 0 saturated heterocycles. The quantitative estimate of drug-likeness (QED) is 0.600. The number of carbonyl (C=O) groups is 3. The summed E-state index contributed by atoms with van der Waals surface area (Å²) in [5.41, 5.74) is 2.99. The molecule has 2 N–H and O–H groups in total. The summed E-state index contributed by atoms with van der Waals surface area (Å²) in [6.07, 6.45) is 0.735. The molecule has 5 heteroatoms. The van der Waals surface area contributed by atoms with Gasteiger partial charge < -0.3 is 10.6 Å². The molecule has 0 aliphatic carbocycles. The molecule has 0 fully saturated rings. The Bertz CT molecular complexity index is 1030. The van der Waals surface area contributed by atoms with Crippen molar-refractivity contribution in [3.8, 4) is 0 Å². The lowest BCUT2D eigenvalue weighted by Crippen LogP contribution is -2.26. The molecule has 146 valence electrons. The van der Waals surface area contributed by atoms with Crippen molar-refractivity contribution in [2.45, 2.75) is 13.3 Å². The number of carbonyl (C=O) groups excluding carboxylic acids is 3. The molecular weight excluding hydrogens is 364 g/mol. The Labute approximate surface area is 169 Å². The van der Waals surface area contributed by atoms with Crippen molar-refractivity contribution in [1.29, 1.82) is 0 Å². The van der Waals surface area contributed by atoms with Gasteiger partial charge in [0.25, 0.3) is 11.8 Å². The Hall–Kier alpha value is -3.73. The zero-order valence-electron chi connectivity index (χ0n) is 16.1. The molecule has 2 amide bonds. The zero-order chi connectivity index (χ0) is 20.6. The Morgan fingerprint density at radius 3 is 2.10 bits per heavy atom. The Morgan fingerprint density at radius 1 is 0.724 bits per heavy atom. The van der Waals surface area contributed by atoms with E-state index in [4.69, 9.17) is 0 Å². The topological polar surface area (TPSA) is 75.3 Å². The van der Waals surface area contributed by atoms with Crippen LogP contribution < -0.4 is 10.6 Å². The Balaban J connectivity index is 1.62. The molecule has 0 aliphatic rings. The van der Waals surface area contributed by atoms with Crippen LogP contribution in [0.5, 0.6) is 0 Å². The van der Waals surface area contributed by atoms with Gasteiger partial charge >= 0.3 is 0 Å². The average Bonchev–Trinajstić information content (AvgIpc) is 2.74. The van der Waals surface area contributed by atoms with E-state index in [1.807, 2.05) is 30.3 Å². The van der Waals surface area contributed by atoms with Crippen molar-refractivity contribution in [2.24, 2.45) is 0 Å². The maximum Gasteiger partial charge on any atom is 0.255 e. The van der Waals surface area contributed by atoms with Crippen molar-refractivity contribution in [3.05, 3.63) is 101 Å². The first-order chi connectivity index (χ1) is 14.0. The molecule has 0 aliphatic heterocycles. The van der Waals surface area contributed by atoms with Gasteiger partial charge in [0.2, 0.25) is 0 Å². The van der Waals surface area contributed by atoms with E-state index in [1.165, 1.54) is 6.92 Å². The van der Waals surface area contributed by atoms with E-state index in [0.717, 1.165) is 12.0 Å². The van der Waals surface area contributed by atoms with Gasteiger partial charge in [0.1, 0.15) is 0 Å². The lowest BCUT2D eigenvalue weighted by atomic mass is 10.1. The van der Waals surface area contributed by atoms with Crippen LogP contribution in [0, 0.1) is 0 Å². The van der Waals surface area contributed by atoms with Crippen LogP contribution in [-0.2, 0) is 6.42 Å². The fourth-order valence-corrected chi connectivity index (χ4v) is 2.89. The predicted molar refractivity (Wildman–Crippen MR) is 113 cm³/mol. The number of hydrogen-bond acceptors (Lipinski definition) is 3. The highest BCUT2D eigenvalue weighted by Crippen LogP contribution is 2.14. The minimum atomic E-state index is -0.343. The van der Waals surface area contributed by atoms with Crippen molar-refractivity contribution in [3.63, 3.8) is 0 Å². The number of nitrogens with one attached hydrogen (secondary N) is 2. The molecular formula is C24H22N2O3. The second kappa shape index (κ2) is 9.46. The molecule has 0 aromatic heterocycles. The summed E-state index contributed by atoms with van der Waals surface area (Å²) in [5, 5.41) is 5.64. The first-order valence-electron chi connectivity index (χ1n) is 9.37. The number of rotatable bonds is 7. The molecule has 3 aromatic rings. The van der Waals surface area contributed by atoms with Crippen LogP contribution in [0.15, 0.2) is 78.9 Å². The monoisotopic (exact) mass is 386 g/mol. The number of ketones is 1. The predicted octanol–water partition coefficient (Wildman–Crippen LogP) is 4.11. The minimum absolute atomic E-state index is 0.0738. The third-order valence-corrected chi connectivity index (χ3v) is 4.46. The minimum Gasteiger partial charge on any atom is -0.352 e. The van der Waals surface area contributed by atoms with E-state index in [2.05, 4.69) is 10.6 Å². The van der Waals surface area contributed by atoms with Gasteiger partial charge in [0.05, 0.1) is 0 Å². The molecule has 0 heterocycles. The maximum absolute atomic E-state index is 12.5. The Kier molecular flexibility index (Phi) is 6.53. The molecule has 0 radical (unpaired) electrons. The van der Waals surface area contributed by atoms with E-state index in [-0.39, 0.29) is 17.6 Å². The molecule has 0 unspecified atom stereocenters. The van der Waals surface area contributed by atoms with Crippen LogP contribution in [0.25, 0.3) is 0 Å². The number of anilines is 1. The lowest BCUT2D eigenvalue weighted by molar-refractivity contribution is 0.0953. The van der Waals surface area contributed by atoms with Gasteiger partial charge in [-0.15, -0.1) is 0 Å². The van der Waals surface area contributed by atoms with Gasteiger partial charge in [0, 0.05) is 28.9 Å². The molecule has 0 atom stereocenters. The van der Waals surface area contributed by atoms with E-state index >= 15 is 0 Å². The molecule has 0 bridgehead atoms. The molecule has 5 nitrogen and oxygen atoms in total.